The second kappa shape index (κ2) is 9.58. The first kappa shape index (κ1) is 23.6. The third kappa shape index (κ3) is 5.78. The maximum atomic E-state index is 13.3. The van der Waals surface area contributed by atoms with Gasteiger partial charge in [0.1, 0.15) is 0 Å². The molecule has 1 aliphatic carbocycles. The number of amides is 1. The summed E-state index contributed by atoms with van der Waals surface area (Å²) in [6.45, 7) is -0.582. The minimum atomic E-state index is -4.65. The predicted octanol–water partition coefficient (Wildman–Crippen LogP) is 5.32. The maximum Gasteiger partial charge on any atom is 0.418 e. The Balaban J connectivity index is 1.87. The van der Waals surface area contributed by atoms with Gasteiger partial charge in [0.25, 0.3) is 0 Å². The zero-order valence-electron chi connectivity index (χ0n) is 16.5. The Morgan fingerprint density at radius 3 is 2.26 bits per heavy atom. The van der Waals surface area contributed by atoms with Gasteiger partial charge >= 0.3 is 6.18 Å². The number of alkyl halides is 3. The van der Waals surface area contributed by atoms with Crippen LogP contribution < -0.4 is 5.32 Å². The van der Waals surface area contributed by atoms with Crippen LogP contribution in [0.2, 0.25) is 5.02 Å². The molecule has 3 rings (SSSR count). The van der Waals surface area contributed by atoms with Crippen LogP contribution in [0.15, 0.2) is 53.4 Å². The molecular weight excluding hydrogens is 453 g/mol. The minimum Gasteiger partial charge on any atom is -0.324 e. The summed E-state index contributed by atoms with van der Waals surface area (Å²) in [4.78, 5) is 12.6. The second-order valence-corrected chi connectivity index (χ2v) is 9.71. The highest BCUT2D eigenvalue weighted by molar-refractivity contribution is 7.89. The number of benzene rings is 2. The number of anilines is 1. The third-order valence-electron chi connectivity index (χ3n) is 5.21. The predicted molar refractivity (Wildman–Crippen MR) is 112 cm³/mol. The van der Waals surface area contributed by atoms with Crippen LogP contribution in [0.4, 0.5) is 18.9 Å². The average Bonchev–Trinajstić information content (AvgIpc) is 2.72. The van der Waals surface area contributed by atoms with E-state index in [-0.39, 0.29) is 4.90 Å². The van der Waals surface area contributed by atoms with Gasteiger partial charge in [0.2, 0.25) is 15.9 Å². The Labute approximate surface area is 184 Å². The molecular formula is C21H22ClF3N2O3S. The van der Waals surface area contributed by atoms with E-state index in [9.17, 15) is 26.4 Å². The van der Waals surface area contributed by atoms with Gasteiger partial charge in [-0.05, 0) is 49.2 Å². The molecule has 0 saturated heterocycles. The number of para-hydroxylation sites is 1. The molecule has 1 aliphatic rings. The van der Waals surface area contributed by atoms with Crippen molar-refractivity contribution < 1.29 is 26.4 Å². The van der Waals surface area contributed by atoms with Crippen LogP contribution in [-0.2, 0) is 21.0 Å². The molecule has 0 heterocycles. The number of hydrogen-bond acceptors (Lipinski definition) is 3. The van der Waals surface area contributed by atoms with Crippen molar-refractivity contribution in [1.82, 2.24) is 4.31 Å². The summed E-state index contributed by atoms with van der Waals surface area (Å²) in [5.74, 6) is -0.834. The fourth-order valence-corrected chi connectivity index (χ4v) is 5.46. The van der Waals surface area contributed by atoms with Crippen LogP contribution in [0.3, 0.4) is 0 Å². The van der Waals surface area contributed by atoms with Crippen LogP contribution in [0.5, 0.6) is 0 Å². The SMILES string of the molecule is O=C(CN(C1CCCCC1)S(=O)(=O)c1ccc(Cl)cc1)Nc1ccccc1C(F)(F)F. The lowest BCUT2D eigenvalue weighted by Crippen LogP contribution is -2.45. The molecule has 5 nitrogen and oxygen atoms in total. The Hall–Kier alpha value is -2.10. The zero-order chi connectivity index (χ0) is 22.6. The summed E-state index contributed by atoms with van der Waals surface area (Å²) in [6, 6.07) is 9.76. The van der Waals surface area contributed by atoms with Gasteiger partial charge in [-0.25, -0.2) is 8.42 Å². The number of rotatable bonds is 6. The molecule has 1 amide bonds. The standard InChI is InChI=1S/C21H22ClF3N2O3S/c22-15-10-12-17(13-11-15)31(29,30)27(16-6-2-1-3-7-16)14-20(28)26-19-9-5-4-8-18(19)21(23,24)25/h4-5,8-13,16H,1-3,6-7,14H2,(H,26,28). The normalized spacial score (nSPS) is 15.8. The molecule has 0 unspecified atom stereocenters. The molecule has 0 radical (unpaired) electrons. The second-order valence-electron chi connectivity index (χ2n) is 7.39. The van der Waals surface area contributed by atoms with Crippen molar-refractivity contribution in [1.29, 1.82) is 0 Å². The van der Waals surface area contributed by atoms with Gasteiger partial charge in [-0.1, -0.05) is 43.0 Å². The van der Waals surface area contributed by atoms with Crippen molar-refractivity contribution in [2.45, 2.75) is 49.2 Å². The fraction of sp³-hybridized carbons (Fsp3) is 0.381. The van der Waals surface area contributed by atoms with Crippen LogP contribution in [-0.4, -0.2) is 31.2 Å². The molecule has 1 fully saturated rings. The number of carbonyl (C=O) groups excluding carboxylic acids is 1. The van der Waals surface area contributed by atoms with Gasteiger partial charge in [-0.15, -0.1) is 0 Å². The fourth-order valence-electron chi connectivity index (χ4n) is 3.69. The first-order valence-corrected chi connectivity index (χ1v) is 11.6. The maximum absolute atomic E-state index is 13.3. The lowest BCUT2D eigenvalue weighted by atomic mass is 9.95. The molecule has 0 spiro atoms. The van der Waals surface area contributed by atoms with Gasteiger partial charge in [0.15, 0.2) is 0 Å². The van der Waals surface area contributed by atoms with E-state index in [0.29, 0.717) is 17.9 Å². The monoisotopic (exact) mass is 474 g/mol. The highest BCUT2D eigenvalue weighted by Gasteiger charge is 2.36. The average molecular weight is 475 g/mol. The largest absolute Gasteiger partial charge is 0.418 e. The van der Waals surface area contributed by atoms with Gasteiger partial charge < -0.3 is 5.32 Å². The topological polar surface area (TPSA) is 66.5 Å². The molecule has 10 heteroatoms. The molecule has 0 aromatic heterocycles. The van der Waals surface area contributed by atoms with E-state index >= 15 is 0 Å². The molecule has 168 valence electrons. The van der Waals surface area contributed by atoms with E-state index in [0.717, 1.165) is 35.7 Å². The number of nitrogens with zero attached hydrogens (tertiary/aromatic N) is 1. The van der Waals surface area contributed by atoms with Crippen molar-refractivity contribution in [2.75, 3.05) is 11.9 Å². The van der Waals surface area contributed by atoms with Crippen LogP contribution in [0, 0.1) is 0 Å². The lowest BCUT2D eigenvalue weighted by Gasteiger charge is -2.33. The van der Waals surface area contributed by atoms with Crippen molar-refractivity contribution in [3.63, 3.8) is 0 Å². The molecule has 0 aliphatic heterocycles. The molecule has 31 heavy (non-hydrogen) atoms. The van der Waals surface area contributed by atoms with Gasteiger partial charge in [0, 0.05) is 11.1 Å². The summed E-state index contributed by atoms with van der Waals surface area (Å²) in [7, 11) is -4.05. The Morgan fingerprint density at radius 1 is 1.03 bits per heavy atom. The number of nitrogens with one attached hydrogen (secondary N) is 1. The quantitative estimate of drug-likeness (QED) is 0.616. The van der Waals surface area contributed by atoms with E-state index in [4.69, 9.17) is 11.6 Å². The van der Waals surface area contributed by atoms with Crippen LogP contribution in [0.1, 0.15) is 37.7 Å². The van der Waals surface area contributed by atoms with E-state index in [1.165, 1.54) is 36.4 Å². The third-order valence-corrected chi connectivity index (χ3v) is 7.37. The van der Waals surface area contributed by atoms with Crippen molar-refractivity contribution in [2.24, 2.45) is 0 Å². The molecule has 0 bridgehead atoms. The van der Waals surface area contributed by atoms with E-state index in [1.54, 1.807) is 0 Å². The first-order chi connectivity index (χ1) is 14.6. The number of hydrogen-bond donors (Lipinski definition) is 1. The molecule has 2 aromatic carbocycles. The zero-order valence-corrected chi connectivity index (χ0v) is 18.1. The highest BCUT2D eigenvalue weighted by atomic mass is 35.5. The number of halogens is 4. The number of carbonyl (C=O) groups is 1. The van der Waals surface area contributed by atoms with E-state index in [2.05, 4.69) is 5.32 Å². The summed E-state index contributed by atoms with van der Waals surface area (Å²) in [5, 5.41) is 2.60. The van der Waals surface area contributed by atoms with Gasteiger partial charge in [0.05, 0.1) is 22.7 Å². The van der Waals surface area contributed by atoms with Crippen molar-refractivity contribution in [3.05, 3.63) is 59.1 Å². The Kier molecular flexibility index (Phi) is 7.28. The van der Waals surface area contributed by atoms with Gasteiger partial charge in [-0.3, -0.25) is 4.79 Å². The van der Waals surface area contributed by atoms with Crippen molar-refractivity contribution >= 4 is 33.2 Å². The van der Waals surface area contributed by atoms with Crippen LogP contribution >= 0.6 is 11.6 Å². The molecule has 0 atom stereocenters. The van der Waals surface area contributed by atoms with Gasteiger partial charge in [-0.2, -0.15) is 17.5 Å². The molecule has 1 N–H and O–H groups in total. The minimum absolute atomic E-state index is 0.0223. The van der Waals surface area contributed by atoms with Crippen LogP contribution in [0.25, 0.3) is 0 Å². The highest BCUT2D eigenvalue weighted by Crippen LogP contribution is 2.35. The summed E-state index contributed by atoms with van der Waals surface area (Å²) < 4.78 is 67.3. The molecule has 2 aromatic rings. The summed E-state index contributed by atoms with van der Waals surface area (Å²) in [5.41, 5.74) is -1.40. The first-order valence-electron chi connectivity index (χ1n) is 9.82. The van der Waals surface area contributed by atoms with E-state index in [1.807, 2.05) is 0 Å². The smallest absolute Gasteiger partial charge is 0.324 e. The number of sulfonamides is 1. The molecule has 1 saturated carbocycles. The Morgan fingerprint density at radius 2 is 1.65 bits per heavy atom. The van der Waals surface area contributed by atoms with E-state index < -0.39 is 45.9 Å². The lowest BCUT2D eigenvalue weighted by molar-refractivity contribution is -0.137. The Bertz CT molecular complexity index is 1020. The van der Waals surface area contributed by atoms with Crippen molar-refractivity contribution in [3.8, 4) is 0 Å². The summed E-state index contributed by atoms with van der Waals surface area (Å²) in [6.07, 6.45) is -0.886. The summed E-state index contributed by atoms with van der Waals surface area (Å²) >= 11 is 5.85.